The van der Waals surface area contributed by atoms with Crippen LogP contribution in [-0.4, -0.2) is 36.1 Å². The van der Waals surface area contributed by atoms with Gasteiger partial charge in [-0.1, -0.05) is 0 Å². The summed E-state index contributed by atoms with van der Waals surface area (Å²) in [7, 11) is 0. The van der Waals surface area contributed by atoms with E-state index in [1.54, 1.807) is 4.90 Å². The molecule has 1 atom stereocenters. The van der Waals surface area contributed by atoms with E-state index in [9.17, 15) is 26.3 Å². The van der Waals surface area contributed by atoms with Gasteiger partial charge in [-0.2, -0.15) is 31.4 Å². The maximum Gasteiger partial charge on any atom is 0.419 e. The SMILES string of the molecule is FC(F)(F)c1cnc(N2CCc3[nH]cnc3C2c2cc3c(C(F)(F)F)cccn3n2)nc1. The number of pyridine rings is 1. The van der Waals surface area contributed by atoms with Crippen LogP contribution >= 0.6 is 0 Å². The number of H-pyrrole nitrogens is 1. The Morgan fingerprint density at radius 2 is 1.75 bits per heavy atom. The number of halogens is 6. The van der Waals surface area contributed by atoms with Crippen LogP contribution in [-0.2, 0) is 18.8 Å². The molecule has 1 aliphatic rings. The molecule has 5 rings (SSSR count). The summed E-state index contributed by atoms with van der Waals surface area (Å²) < 4.78 is 80.2. The monoisotopic (exact) mass is 453 g/mol. The zero-order chi connectivity index (χ0) is 22.7. The summed E-state index contributed by atoms with van der Waals surface area (Å²) in [6.07, 6.45) is -4.52. The van der Waals surface area contributed by atoms with Crippen molar-refractivity contribution < 1.29 is 26.3 Å². The standard InChI is InChI=1S/C19H13F6N7/c20-18(21,22)10-7-26-17(27-8-10)31-5-3-12-15(29-9-28-12)16(31)13-6-14-11(19(23,24)25)2-1-4-32(14)30-13/h1-2,4,6-9,16H,3,5H2,(H,28,29). The molecule has 0 spiro atoms. The molecule has 4 aromatic heterocycles. The quantitative estimate of drug-likeness (QED) is 0.464. The molecule has 0 radical (unpaired) electrons. The predicted molar refractivity (Wildman–Crippen MR) is 98.7 cm³/mol. The molecule has 0 fully saturated rings. The normalized spacial score (nSPS) is 17.1. The topological polar surface area (TPSA) is 75.0 Å². The second-order valence-electron chi connectivity index (χ2n) is 7.20. The minimum absolute atomic E-state index is 0.00949. The highest BCUT2D eigenvalue weighted by atomic mass is 19.4. The Balaban J connectivity index is 1.63. The lowest BCUT2D eigenvalue weighted by Crippen LogP contribution is -2.37. The fraction of sp³-hybridized carbons (Fsp3) is 0.263. The zero-order valence-corrected chi connectivity index (χ0v) is 16.0. The summed E-state index contributed by atoms with van der Waals surface area (Å²) in [5, 5.41) is 4.31. The Labute approximate surface area is 175 Å². The predicted octanol–water partition coefficient (Wildman–Crippen LogP) is 4.04. The molecule has 0 saturated heterocycles. The lowest BCUT2D eigenvalue weighted by atomic mass is 10.00. The van der Waals surface area contributed by atoms with Crippen molar-refractivity contribution in [1.29, 1.82) is 0 Å². The molecule has 0 aliphatic carbocycles. The average molecular weight is 453 g/mol. The maximum absolute atomic E-state index is 13.5. The summed E-state index contributed by atoms with van der Waals surface area (Å²) >= 11 is 0. The highest BCUT2D eigenvalue weighted by molar-refractivity contribution is 5.58. The second kappa shape index (κ2) is 6.93. The number of hydrogen-bond acceptors (Lipinski definition) is 5. The lowest BCUT2D eigenvalue weighted by molar-refractivity contribution is -0.138. The molecule has 166 valence electrons. The van der Waals surface area contributed by atoms with Crippen molar-refractivity contribution in [2.24, 2.45) is 0 Å². The summed E-state index contributed by atoms with van der Waals surface area (Å²) in [6, 6.07) is 2.71. The van der Waals surface area contributed by atoms with Gasteiger partial charge in [0.15, 0.2) is 0 Å². The van der Waals surface area contributed by atoms with Gasteiger partial charge in [-0.3, -0.25) is 0 Å². The van der Waals surface area contributed by atoms with Crippen molar-refractivity contribution in [3.63, 3.8) is 0 Å². The van der Waals surface area contributed by atoms with E-state index in [1.165, 1.54) is 24.7 Å². The van der Waals surface area contributed by atoms with Gasteiger partial charge in [-0.25, -0.2) is 19.5 Å². The molecule has 0 saturated carbocycles. The molecule has 0 bridgehead atoms. The molecular formula is C19H13F6N7. The van der Waals surface area contributed by atoms with Crippen LogP contribution in [0.1, 0.15) is 34.3 Å². The number of hydrogen-bond donors (Lipinski definition) is 1. The highest BCUT2D eigenvalue weighted by Gasteiger charge is 2.38. The van der Waals surface area contributed by atoms with Crippen molar-refractivity contribution in [3.05, 3.63) is 71.3 Å². The molecule has 32 heavy (non-hydrogen) atoms. The first-order chi connectivity index (χ1) is 15.1. The van der Waals surface area contributed by atoms with Crippen LogP contribution in [0.3, 0.4) is 0 Å². The molecule has 0 amide bonds. The van der Waals surface area contributed by atoms with Gasteiger partial charge in [0.25, 0.3) is 0 Å². The van der Waals surface area contributed by atoms with Gasteiger partial charge in [0.1, 0.15) is 6.04 Å². The van der Waals surface area contributed by atoms with Gasteiger partial charge >= 0.3 is 12.4 Å². The van der Waals surface area contributed by atoms with Crippen LogP contribution in [0, 0.1) is 0 Å². The molecule has 1 aliphatic heterocycles. The Kier molecular flexibility index (Phi) is 4.39. The lowest BCUT2D eigenvalue weighted by Gasteiger charge is -2.33. The van der Waals surface area contributed by atoms with Crippen LogP contribution in [0.4, 0.5) is 32.3 Å². The van der Waals surface area contributed by atoms with E-state index in [2.05, 4.69) is 25.0 Å². The number of fused-ring (bicyclic) bond motifs is 2. The largest absolute Gasteiger partial charge is 0.419 e. The number of alkyl halides is 6. The fourth-order valence-electron chi connectivity index (χ4n) is 3.82. The van der Waals surface area contributed by atoms with Crippen LogP contribution in [0.2, 0.25) is 0 Å². The maximum atomic E-state index is 13.5. The number of aromatic nitrogens is 6. The fourth-order valence-corrected chi connectivity index (χ4v) is 3.82. The van der Waals surface area contributed by atoms with E-state index in [4.69, 9.17) is 0 Å². The Hall–Kier alpha value is -3.64. The molecule has 13 heteroatoms. The number of imidazole rings is 1. The molecule has 5 heterocycles. The van der Waals surface area contributed by atoms with E-state index in [1.807, 2.05) is 0 Å². The summed E-state index contributed by atoms with van der Waals surface area (Å²) in [4.78, 5) is 16.6. The van der Waals surface area contributed by atoms with Crippen LogP contribution in [0.5, 0.6) is 0 Å². The zero-order valence-electron chi connectivity index (χ0n) is 16.0. The number of rotatable bonds is 2. The third-order valence-electron chi connectivity index (χ3n) is 5.25. The van der Waals surface area contributed by atoms with Crippen molar-refractivity contribution in [2.45, 2.75) is 24.8 Å². The van der Waals surface area contributed by atoms with Crippen molar-refractivity contribution >= 4 is 11.5 Å². The molecule has 0 aromatic carbocycles. The minimum atomic E-state index is -4.59. The van der Waals surface area contributed by atoms with Gasteiger partial charge in [0, 0.05) is 37.3 Å². The molecule has 7 nitrogen and oxygen atoms in total. The number of aromatic amines is 1. The Morgan fingerprint density at radius 1 is 1.00 bits per heavy atom. The number of nitrogens with zero attached hydrogens (tertiary/aromatic N) is 6. The van der Waals surface area contributed by atoms with Crippen molar-refractivity contribution in [2.75, 3.05) is 11.4 Å². The van der Waals surface area contributed by atoms with Gasteiger partial charge in [0.05, 0.1) is 34.4 Å². The van der Waals surface area contributed by atoms with Crippen LogP contribution in [0.15, 0.2) is 43.1 Å². The third-order valence-corrected chi connectivity index (χ3v) is 5.25. The summed E-state index contributed by atoms with van der Waals surface area (Å²) in [5.41, 5.74) is -0.515. The molecule has 1 unspecified atom stereocenters. The van der Waals surface area contributed by atoms with Gasteiger partial charge in [0.2, 0.25) is 5.95 Å². The number of anilines is 1. The third kappa shape index (κ3) is 3.33. The Bertz CT molecular complexity index is 1270. The van der Waals surface area contributed by atoms with E-state index >= 15 is 0 Å². The van der Waals surface area contributed by atoms with E-state index < -0.39 is 29.5 Å². The average Bonchev–Trinajstić information content (AvgIpc) is 3.38. The Morgan fingerprint density at radius 3 is 2.44 bits per heavy atom. The van der Waals surface area contributed by atoms with Gasteiger partial charge in [-0.05, 0) is 18.2 Å². The number of nitrogens with one attached hydrogen (secondary N) is 1. The van der Waals surface area contributed by atoms with E-state index in [0.29, 0.717) is 31.1 Å². The first-order valence-electron chi connectivity index (χ1n) is 9.36. The van der Waals surface area contributed by atoms with Crippen molar-refractivity contribution in [3.8, 4) is 0 Å². The summed E-state index contributed by atoms with van der Waals surface area (Å²) in [6.45, 7) is 0.297. The van der Waals surface area contributed by atoms with Gasteiger partial charge in [-0.15, -0.1) is 0 Å². The van der Waals surface area contributed by atoms with Crippen molar-refractivity contribution in [1.82, 2.24) is 29.5 Å². The highest BCUT2D eigenvalue weighted by Crippen LogP contribution is 2.38. The first-order valence-corrected chi connectivity index (χ1v) is 9.36. The minimum Gasteiger partial charge on any atom is -0.348 e. The van der Waals surface area contributed by atoms with E-state index in [-0.39, 0.29) is 17.2 Å². The van der Waals surface area contributed by atoms with Crippen LogP contribution < -0.4 is 4.90 Å². The molecular weight excluding hydrogens is 440 g/mol. The van der Waals surface area contributed by atoms with Crippen LogP contribution in [0.25, 0.3) is 5.52 Å². The smallest absolute Gasteiger partial charge is 0.348 e. The summed E-state index contributed by atoms with van der Waals surface area (Å²) in [5.74, 6) is -0.00949. The molecule has 4 aromatic rings. The molecule has 1 N–H and O–H groups in total. The first kappa shape index (κ1) is 20.3. The van der Waals surface area contributed by atoms with Gasteiger partial charge < -0.3 is 9.88 Å². The van der Waals surface area contributed by atoms with E-state index in [0.717, 1.165) is 16.3 Å². The second-order valence-corrected chi connectivity index (χ2v) is 7.20.